The lowest BCUT2D eigenvalue weighted by molar-refractivity contribution is -0.139. The standard InChI is InChI=1S/C14H15N3O2/c1-8-2-4-9(5-3-8)12-13-10(15-7-16-13)6-11(17-12)14(18)19/h2-5,7,11-12,17H,6H2,1H3,(H,15,16)(H,18,19)/t11-,12-/m0/s1. The van der Waals surface area contributed by atoms with Gasteiger partial charge in [-0.15, -0.1) is 0 Å². The van der Waals surface area contributed by atoms with E-state index in [4.69, 9.17) is 0 Å². The Kier molecular flexibility index (Phi) is 2.83. The number of aliphatic carboxylic acids is 1. The molecule has 5 nitrogen and oxygen atoms in total. The summed E-state index contributed by atoms with van der Waals surface area (Å²) in [5, 5.41) is 12.4. The number of H-pyrrole nitrogens is 1. The van der Waals surface area contributed by atoms with Crippen LogP contribution < -0.4 is 5.32 Å². The largest absolute Gasteiger partial charge is 0.480 e. The lowest BCUT2D eigenvalue weighted by Gasteiger charge is -2.28. The van der Waals surface area contributed by atoms with Gasteiger partial charge in [0.05, 0.1) is 18.1 Å². The molecule has 1 aromatic carbocycles. The number of rotatable bonds is 2. The minimum absolute atomic E-state index is 0.170. The van der Waals surface area contributed by atoms with Gasteiger partial charge in [-0.3, -0.25) is 10.1 Å². The highest BCUT2D eigenvalue weighted by molar-refractivity contribution is 5.74. The molecule has 0 aliphatic carbocycles. The van der Waals surface area contributed by atoms with Crippen LogP contribution in [0.4, 0.5) is 0 Å². The highest BCUT2D eigenvalue weighted by atomic mass is 16.4. The Morgan fingerprint density at radius 1 is 1.37 bits per heavy atom. The molecule has 0 radical (unpaired) electrons. The van der Waals surface area contributed by atoms with Gasteiger partial charge in [0, 0.05) is 12.1 Å². The Morgan fingerprint density at radius 2 is 2.11 bits per heavy atom. The van der Waals surface area contributed by atoms with E-state index in [0.29, 0.717) is 6.42 Å². The number of imidazole rings is 1. The molecule has 0 bridgehead atoms. The van der Waals surface area contributed by atoms with Crippen molar-refractivity contribution in [3.63, 3.8) is 0 Å². The number of nitrogens with one attached hydrogen (secondary N) is 2. The van der Waals surface area contributed by atoms with Crippen molar-refractivity contribution in [1.82, 2.24) is 15.3 Å². The Morgan fingerprint density at radius 3 is 2.79 bits per heavy atom. The van der Waals surface area contributed by atoms with Gasteiger partial charge < -0.3 is 10.1 Å². The van der Waals surface area contributed by atoms with Gasteiger partial charge in [0.1, 0.15) is 6.04 Å². The molecule has 0 amide bonds. The van der Waals surface area contributed by atoms with Crippen LogP contribution in [0.2, 0.25) is 0 Å². The number of hydrogen-bond donors (Lipinski definition) is 3. The Balaban J connectivity index is 2.00. The molecule has 2 atom stereocenters. The maximum Gasteiger partial charge on any atom is 0.321 e. The van der Waals surface area contributed by atoms with Crippen LogP contribution in [0.25, 0.3) is 0 Å². The highest BCUT2D eigenvalue weighted by Gasteiger charge is 2.32. The fourth-order valence-corrected chi connectivity index (χ4v) is 2.46. The van der Waals surface area contributed by atoms with E-state index in [0.717, 1.165) is 17.0 Å². The molecule has 0 unspecified atom stereocenters. The van der Waals surface area contributed by atoms with Crippen molar-refractivity contribution < 1.29 is 9.90 Å². The minimum atomic E-state index is -0.836. The number of aromatic nitrogens is 2. The van der Waals surface area contributed by atoms with E-state index in [2.05, 4.69) is 15.3 Å². The summed E-state index contributed by atoms with van der Waals surface area (Å²) in [5.74, 6) is -0.836. The SMILES string of the molecule is Cc1ccc([C@@H]2N[C@H](C(=O)O)Cc3[nH]cnc32)cc1. The van der Waals surface area contributed by atoms with Crippen LogP contribution in [0.3, 0.4) is 0 Å². The van der Waals surface area contributed by atoms with Gasteiger partial charge in [0.2, 0.25) is 0 Å². The summed E-state index contributed by atoms with van der Waals surface area (Å²) >= 11 is 0. The lowest BCUT2D eigenvalue weighted by atomic mass is 9.93. The molecule has 0 saturated heterocycles. The van der Waals surface area contributed by atoms with E-state index in [9.17, 15) is 9.90 Å². The van der Waals surface area contributed by atoms with Crippen molar-refractivity contribution in [2.45, 2.75) is 25.4 Å². The second-order valence-corrected chi connectivity index (χ2v) is 4.87. The zero-order valence-electron chi connectivity index (χ0n) is 10.6. The van der Waals surface area contributed by atoms with E-state index in [1.807, 2.05) is 31.2 Å². The number of aromatic amines is 1. The third-order valence-corrected chi connectivity index (χ3v) is 3.51. The highest BCUT2D eigenvalue weighted by Crippen LogP contribution is 2.28. The van der Waals surface area contributed by atoms with Crippen molar-refractivity contribution in [3.8, 4) is 0 Å². The summed E-state index contributed by atoms with van der Waals surface area (Å²) in [4.78, 5) is 18.6. The second kappa shape index (κ2) is 4.51. The van der Waals surface area contributed by atoms with Crippen molar-refractivity contribution >= 4 is 5.97 Å². The quantitative estimate of drug-likeness (QED) is 0.760. The van der Waals surface area contributed by atoms with E-state index in [1.165, 1.54) is 5.56 Å². The molecule has 3 N–H and O–H groups in total. The van der Waals surface area contributed by atoms with Crippen LogP contribution in [-0.4, -0.2) is 27.1 Å². The summed E-state index contributed by atoms with van der Waals surface area (Å²) in [7, 11) is 0. The number of carbonyl (C=O) groups is 1. The summed E-state index contributed by atoms with van der Waals surface area (Å²) in [6, 6.07) is 7.31. The molecule has 1 aromatic heterocycles. The van der Waals surface area contributed by atoms with Crippen molar-refractivity contribution in [2.75, 3.05) is 0 Å². The summed E-state index contributed by atoms with van der Waals surface area (Å²) in [6.07, 6.45) is 2.06. The average Bonchev–Trinajstić information content (AvgIpc) is 2.86. The van der Waals surface area contributed by atoms with Gasteiger partial charge in [-0.05, 0) is 12.5 Å². The Hall–Kier alpha value is -2.14. The molecule has 0 fully saturated rings. The molecular formula is C14H15N3O2. The fourth-order valence-electron chi connectivity index (χ4n) is 2.46. The first-order valence-corrected chi connectivity index (χ1v) is 6.22. The molecule has 1 aliphatic rings. The zero-order valence-corrected chi connectivity index (χ0v) is 10.6. The third kappa shape index (κ3) is 2.13. The first-order valence-electron chi connectivity index (χ1n) is 6.22. The molecule has 1 aliphatic heterocycles. The normalized spacial score (nSPS) is 21.9. The lowest BCUT2D eigenvalue weighted by Crippen LogP contribution is -2.45. The summed E-state index contributed by atoms with van der Waals surface area (Å²) < 4.78 is 0. The molecular weight excluding hydrogens is 242 g/mol. The van der Waals surface area contributed by atoms with Crippen LogP contribution in [0.5, 0.6) is 0 Å². The molecule has 19 heavy (non-hydrogen) atoms. The Bertz CT molecular complexity index is 603. The zero-order chi connectivity index (χ0) is 13.4. The molecule has 3 rings (SSSR count). The topological polar surface area (TPSA) is 78.0 Å². The minimum Gasteiger partial charge on any atom is -0.480 e. The van der Waals surface area contributed by atoms with E-state index < -0.39 is 12.0 Å². The maximum atomic E-state index is 11.2. The van der Waals surface area contributed by atoms with E-state index in [-0.39, 0.29) is 6.04 Å². The molecule has 5 heteroatoms. The number of hydrogen-bond acceptors (Lipinski definition) is 3. The first kappa shape index (κ1) is 11.9. The predicted molar refractivity (Wildman–Crippen MR) is 69.9 cm³/mol. The molecule has 2 heterocycles. The summed E-state index contributed by atoms with van der Waals surface area (Å²) in [5.41, 5.74) is 4.00. The smallest absolute Gasteiger partial charge is 0.321 e. The third-order valence-electron chi connectivity index (χ3n) is 3.51. The van der Waals surface area contributed by atoms with Gasteiger partial charge in [0.25, 0.3) is 0 Å². The van der Waals surface area contributed by atoms with Gasteiger partial charge in [-0.25, -0.2) is 4.98 Å². The maximum absolute atomic E-state index is 11.2. The van der Waals surface area contributed by atoms with Crippen molar-refractivity contribution in [1.29, 1.82) is 0 Å². The van der Waals surface area contributed by atoms with E-state index >= 15 is 0 Å². The number of aryl methyl sites for hydroxylation is 1. The molecule has 2 aromatic rings. The summed E-state index contributed by atoms with van der Waals surface area (Å²) in [6.45, 7) is 2.03. The van der Waals surface area contributed by atoms with Crippen LogP contribution >= 0.6 is 0 Å². The number of benzene rings is 1. The van der Waals surface area contributed by atoms with Gasteiger partial charge >= 0.3 is 5.97 Å². The van der Waals surface area contributed by atoms with Crippen molar-refractivity contribution in [3.05, 3.63) is 53.1 Å². The Labute approximate surface area is 110 Å². The number of carboxylic acid groups (broad SMARTS) is 1. The van der Waals surface area contributed by atoms with Crippen molar-refractivity contribution in [2.24, 2.45) is 0 Å². The number of carboxylic acids is 1. The molecule has 0 spiro atoms. The number of fused-ring (bicyclic) bond motifs is 1. The van der Waals surface area contributed by atoms with Crippen LogP contribution in [-0.2, 0) is 11.2 Å². The second-order valence-electron chi connectivity index (χ2n) is 4.87. The van der Waals surface area contributed by atoms with Crippen LogP contribution in [0.15, 0.2) is 30.6 Å². The molecule has 98 valence electrons. The predicted octanol–water partition coefficient (Wildman–Crippen LogP) is 1.41. The monoisotopic (exact) mass is 257 g/mol. The van der Waals surface area contributed by atoms with Crippen LogP contribution in [0.1, 0.15) is 28.6 Å². The van der Waals surface area contributed by atoms with Gasteiger partial charge in [-0.2, -0.15) is 0 Å². The number of nitrogens with zero attached hydrogens (tertiary/aromatic N) is 1. The first-order chi connectivity index (χ1) is 9.15. The fraction of sp³-hybridized carbons (Fsp3) is 0.286. The molecule has 0 saturated carbocycles. The average molecular weight is 257 g/mol. The van der Waals surface area contributed by atoms with Gasteiger partial charge in [-0.1, -0.05) is 29.8 Å². The van der Waals surface area contributed by atoms with E-state index in [1.54, 1.807) is 6.33 Å². The van der Waals surface area contributed by atoms with Crippen LogP contribution in [0, 0.1) is 6.92 Å². The van der Waals surface area contributed by atoms with Gasteiger partial charge in [0.15, 0.2) is 0 Å².